The summed E-state index contributed by atoms with van der Waals surface area (Å²) in [7, 11) is 0. The van der Waals surface area contributed by atoms with E-state index in [-0.39, 0.29) is 11.8 Å². The molecule has 1 saturated carbocycles. The number of nitrogens with zero attached hydrogens (tertiary/aromatic N) is 1. The first-order valence-electron chi connectivity index (χ1n) is 7.78. The van der Waals surface area contributed by atoms with Crippen molar-refractivity contribution in [3.8, 4) is 11.3 Å². The lowest BCUT2D eigenvalue weighted by Gasteiger charge is -2.01. The van der Waals surface area contributed by atoms with Crippen LogP contribution in [-0.4, -0.2) is 10.9 Å². The van der Waals surface area contributed by atoms with Crippen molar-refractivity contribution in [2.45, 2.75) is 12.3 Å². The third kappa shape index (κ3) is 3.21. The molecular weight excluding hydrogens is 340 g/mol. The second kappa shape index (κ2) is 6.38. The van der Waals surface area contributed by atoms with Crippen molar-refractivity contribution in [1.82, 2.24) is 4.98 Å². The Morgan fingerprint density at radius 1 is 1.12 bits per heavy atom. The van der Waals surface area contributed by atoms with Gasteiger partial charge in [-0.1, -0.05) is 54.1 Å². The maximum absolute atomic E-state index is 12.4. The van der Waals surface area contributed by atoms with Gasteiger partial charge >= 0.3 is 0 Å². The molecule has 3 nitrogen and oxygen atoms in total. The van der Waals surface area contributed by atoms with Gasteiger partial charge in [-0.15, -0.1) is 11.3 Å². The SMILES string of the molecule is O=C(Nc1nc(-c2ccc(Cl)cc2)cs1)[C@@H]1C[C@@H]1c1ccccc1. The number of benzene rings is 2. The third-order valence-electron chi connectivity index (χ3n) is 4.23. The van der Waals surface area contributed by atoms with Crippen molar-refractivity contribution in [3.05, 3.63) is 70.6 Å². The molecule has 2 aromatic carbocycles. The predicted octanol–water partition coefficient (Wildman–Crippen LogP) is 5.21. The van der Waals surface area contributed by atoms with E-state index in [1.807, 2.05) is 47.8 Å². The molecule has 0 aliphatic heterocycles. The molecule has 1 amide bonds. The van der Waals surface area contributed by atoms with Gasteiger partial charge in [0, 0.05) is 21.9 Å². The molecule has 4 rings (SSSR count). The van der Waals surface area contributed by atoms with Crippen molar-refractivity contribution >= 4 is 34.0 Å². The van der Waals surface area contributed by atoms with E-state index >= 15 is 0 Å². The van der Waals surface area contributed by atoms with Crippen LogP contribution in [0, 0.1) is 5.92 Å². The topological polar surface area (TPSA) is 42.0 Å². The smallest absolute Gasteiger partial charge is 0.229 e. The number of nitrogens with one attached hydrogen (secondary N) is 1. The van der Waals surface area contributed by atoms with Crippen molar-refractivity contribution < 1.29 is 4.79 Å². The summed E-state index contributed by atoms with van der Waals surface area (Å²) in [6.07, 6.45) is 0.908. The summed E-state index contributed by atoms with van der Waals surface area (Å²) in [6, 6.07) is 17.7. The molecule has 24 heavy (non-hydrogen) atoms. The summed E-state index contributed by atoms with van der Waals surface area (Å²) in [6.45, 7) is 0. The zero-order valence-corrected chi connectivity index (χ0v) is 14.3. The average molecular weight is 355 g/mol. The van der Waals surface area contributed by atoms with Gasteiger partial charge in [0.05, 0.1) is 5.69 Å². The van der Waals surface area contributed by atoms with E-state index < -0.39 is 0 Å². The Hall–Kier alpha value is -2.17. The highest BCUT2D eigenvalue weighted by atomic mass is 35.5. The van der Waals surface area contributed by atoms with Crippen LogP contribution >= 0.6 is 22.9 Å². The molecule has 0 spiro atoms. The van der Waals surface area contributed by atoms with Gasteiger partial charge in [0.1, 0.15) is 0 Å². The number of thiazole rings is 1. The van der Waals surface area contributed by atoms with E-state index in [9.17, 15) is 4.79 Å². The number of carbonyl (C=O) groups is 1. The second-order valence-corrected chi connectivity index (χ2v) is 7.19. The Bertz CT molecular complexity index is 861. The van der Waals surface area contributed by atoms with Gasteiger partial charge in [-0.25, -0.2) is 4.98 Å². The van der Waals surface area contributed by atoms with E-state index in [4.69, 9.17) is 11.6 Å². The highest BCUT2D eigenvalue weighted by Gasteiger charge is 2.44. The summed E-state index contributed by atoms with van der Waals surface area (Å²) < 4.78 is 0. The monoisotopic (exact) mass is 354 g/mol. The summed E-state index contributed by atoms with van der Waals surface area (Å²) in [5, 5.41) is 6.23. The quantitative estimate of drug-likeness (QED) is 0.699. The molecule has 1 aromatic heterocycles. The van der Waals surface area contributed by atoms with E-state index in [0.29, 0.717) is 16.1 Å². The highest BCUT2D eigenvalue weighted by molar-refractivity contribution is 7.14. The molecule has 120 valence electrons. The largest absolute Gasteiger partial charge is 0.302 e. The fraction of sp³-hybridized carbons (Fsp3) is 0.158. The minimum Gasteiger partial charge on any atom is -0.302 e. The molecule has 2 atom stereocenters. The molecule has 0 radical (unpaired) electrons. The van der Waals surface area contributed by atoms with E-state index in [1.54, 1.807) is 0 Å². The van der Waals surface area contributed by atoms with Crippen LogP contribution in [-0.2, 0) is 4.79 Å². The first kappa shape index (κ1) is 15.4. The van der Waals surface area contributed by atoms with Crippen molar-refractivity contribution in [3.63, 3.8) is 0 Å². The van der Waals surface area contributed by atoms with Crippen molar-refractivity contribution in [2.24, 2.45) is 5.92 Å². The fourth-order valence-corrected chi connectivity index (χ4v) is 3.68. The zero-order chi connectivity index (χ0) is 16.5. The number of rotatable bonds is 4. The Morgan fingerprint density at radius 2 is 1.88 bits per heavy atom. The maximum atomic E-state index is 12.4. The number of hydrogen-bond donors (Lipinski definition) is 1. The molecule has 3 aromatic rings. The predicted molar refractivity (Wildman–Crippen MR) is 98.5 cm³/mol. The number of carbonyl (C=O) groups excluding carboxylic acids is 1. The Kier molecular flexibility index (Phi) is 4.08. The minimum absolute atomic E-state index is 0.0512. The molecule has 1 aliphatic carbocycles. The lowest BCUT2D eigenvalue weighted by molar-refractivity contribution is -0.117. The number of anilines is 1. The molecule has 5 heteroatoms. The summed E-state index contributed by atoms with van der Waals surface area (Å²) in [5.41, 5.74) is 3.07. The minimum atomic E-state index is 0.0512. The number of hydrogen-bond acceptors (Lipinski definition) is 3. The number of halogens is 1. The Labute approximate surface area is 149 Å². The van der Waals surface area contributed by atoms with Crippen LogP contribution in [0.1, 0.15) is 17.9 Å². The van der Waals surface area contributed by atoms with Crippen LogP contribution in [0.5, 0.6) is 0 Å². The first-order chi connectivity index (χ1) is 11.7. The highest BCUT2D eigenvalue weighted by Crippen LogP contribution is 2.48. The lowest BCUT2D eigenvalue weighted by Crippen LogP contribution is -2.14. The van der Waals surface area contributed by atoms with Crippen LogP contribution in [0.3, 0.4) is 0 Å². The molecule has 1 fully saturated rings. The number of amides is 1. The Morgan fingerprint density at radius 3 is 2.62 bits per heavy atom. The molecule has 1 N–H and O–H groups in total. The van der Waals surface area contributed by atoms with Crippen molar-refractivity contribution in [2.75, 3.05) is 5.32 Å². The molecule has 1 aliphatic rings. The first-order valence-corrected chi connectivity index (χ1v) is 9.04. The van der Waals surface area contributed by atoms with Gasteiger partial charge in [0.2, 0.25) is 5.91 Å². The van der Waals surface area contributed by atoms with Crippen LogP contribution in [0.2, 0.25) is 5.02 Å². The van der Waals surface area contributed by atoms with Crippen molar-refractivity contribution in [1.29, 1.82) is 0 Å². The van der Waals surface area contributed by atoms with Crippen LogP contribution in [0.25, 0.3) is 11.3 Å². The van der Waals surface area contributed by atoms with E-state index in [2.05, 4.69) is 22.4 Å². The second-order valence-electron chi connectivity index (χ2n) is 5.89. The van der Waals surface area contributed by atoms with Gasteiger partial charge in [-0.3, -0.25) is 4.79 Å². The normalized spacial score (nSPS) is 19.0. The van der Waals surface area contributed by atoms with Crippen LogP contribution in [0.4, 0.5) is 5.13 Å². The molecule has 0 unspecified atom stereocenters. The van der Waals surface area contributed by atoms with Gasteiger partial charge < -0.3 is 5.32 Å². The lowest BCUT2D eigenvalue weighted by atomic mass is 10.1. The van der Waals surface area contributed by atoms with Crippen LogP contribution in [0.15, 0.2) is 60.0 Å². The van der Waals surface area contributed by atoms with E-state index in [0.717, 1.165) is 17.7 Å². The summed E-state index contributed by atoms with van der Waals surface area (Å²) >= 11 is 7.35. The van der Waals surface area contributed by atoms with Gasteiger partial charge in [-0.2, -0.15) is 0 Å². The summed E-state index contributed by atoms with van der Waals surface area (Å²) in [5.74, 6) is 0.443. The zero-order valence-electron chi connectivity index (χ0n) is 12.8. The van der Waals surface area contributed by atoms with Crippen LogP contribution < -0.4 is 5.32 Å². The van der Waals surface area contributed by atoms with Gasteiger partial charge in [0.25, 0.3) is 0 Å². The molecule has 1 heterocycles. The average Bonchev–Trinajstić information content (AvgIpc) is 3.29. The summed E-state index contributed by atoms with van der Waals surface area (Å²) in [4.78, 5) is 16.9. The number of aromatic nitrogens is 1. The van der Waals surface area contributed by atoms with Gasteiger partial charge in [0.15, 0.2) is 5.13 Å². The maximum Gasteiger partial charge on any atom is 0.229 e. The third-order valence-corrected chi connectivity index (χ3v) is 5.24. The standard InChI is InChI=1S/C19H15ClN2OS/c20-14-8-6-13(7-9-14)17-11-24-19(21-17)22-18(23)16-10-15(16)12-4-2-1-3-5-12/h1-9,11,15-16H,10H2,(H,21,22,23)/t15-,16-/m1/s1. The van der Waals surface area contributed by atoms with E-state index in [1.165, 1.54) is 16.9 Å². The molecule has 0 saturated heterocycles. The fourth-order valence-electron chi connectivity index (χ4n) is 2.84. The molecular formula is C19H15ClN2OS. The molecule has 0 bridgehead atoms. The Balaban J connectivity index is 1.41. The van der Waals surface area contributed by atoms with Gasteiger partial charge in [-0.05, 0) is 30.0 Å².